The predicted molar refractivity (Wildman–Crippen MR) is 119 cm³/mol. The normalized spacial score (nSPS) is 11.6. The number of carbonyl (C=O) groups is 2. The molecular formula is C22H32N4O2S. The molecule has 0 unspecified atom stereocenters. The number of anilines is 1. The van der Waals surface area contributed by atoms with Crippen LogP contribution in [0.25, 0.3) is 0 Å². The first-order chi connectivity index (χ1) is 13.6. The Morgan fingerprint density at radius 3 is 2.55 bits per heavy atom. The van der Waals surface area contributed by atoms with Crippen LogP contribution in [0, 0.1) is 13.8 Å². The third-order valence-corrected chi connectivity index (χ3v) is 5.19. The van der Waals surface area contributed by atoms with Gasteiger partial charge in [-0.15, -0.1) is 11.3 Å². The molecule has 1 heterocycles. The van der Waals surface area contributed by atoms with Crippen molar-refractivity contribution in [1.82, 2.24) is 15.2 Å². The molecular weight excluding hydrogens is 384 g/mol. The fraction of sp³-hybridized carbons (Fsp3) is 0.500. The van der Waals surface area contributed by atoms with Crippen LogP contribution in [0.15, 0.2) is 23.6 Å². The first-order valence-corrected chi connectivity index (χ1v) is 10.8. The Morgan fingerprint density at radius 1 is 1.17 bits per heavy atom. The van der Waals surface area contributed by atoms with Crippen molar-refractivity contribution in [3.8, 4) is 0 Å². The molecule has 29 heavy (non-hydrogen) atoms. The van der Waals surface area contributed by atoms with Gasteiger partial charge in [0, 0.05) is 23.2 Å². The van der Waals surface area contributed by atoms with Crippen LogP contribution >= 0.6 is 11.3 Å². The minimum absolute atomic E-state index is 0.00250. The zero-order valence-electron chi connectivity index (χ0n) is 18.3. The molecule has 0 saturated heterocycles. The van der Waals surface area contributed by atoms with Crippen molar-refractivity contribution in [2.75, 3.05) is 18.4 Å². The third kappa shape index (κ3) is 7.95. The van der Waals surface area contributed by atoms with E-state index in [0.717, 1.165) is 34.1 Å². The van der Waals surface area contributed by atoms with E-state index in [1.165, 1.54) is 11.3 Å². The van der Waals surface area contributed by atoms with Crippen LogP contribution in [0.5, 0.6) is 0 Å². The van der Waals surface area contributed by atoms with Gasteiger partial charge in [0.25, 0.3) is 0 Å². The molecule has 7 heteroatoms. The molecule has 0 atom stereocenters. The van der Waals surface area contributed by atoms with Crippen molar-refractivity contribution in [1.29, 1.82) is 0 Å². The van der Waals surface area contributed by atoms with E-state index >= 15 is 0 Å². The smallest absolute Gasteiger partial charge is 0.234 e. The molecule has 0 aliphatic rings. The van der Waals surface area contributed by atoms with E-state index in [9.17, 15) is 9.59 Å². The van der Waals surface area contributed by atoms with Crippen LogP contribution in [0.2, 0.25) is 0 Å². The summed E-state index contributed by atoms with van der Waals surface area (Å²) in [7, 11) is 0. The maximum Gasteiger partial charge on any atom is 0.234 e. The zero-order valence-corrected chi connectivity index (χ0v) is 19.1. The number of nitrogens with zero attached hydrogens (tertiary/aromatic N) is 2. The highest BCUT2D eigenvalue weighted by atomic mass is 32.1. The second kappa shape index (κ2) is 9.98. The van der Waals surface area contributed by atoms with Crippen molar-refractivity contribution in [2.45, 2.75) is 60.0 Å². The van der Waals surface area contributed by atoms with Crippen molar-refractivity contribution < 1.29 is 9.59 Å². The molecule has 1 aromatic heterocycles. The van der Waals surface area contributed by atoms with Gasteiger partial charge in [-0.3, -0.25) is 14.5 Å². The maximum absolute atomic E-state index is 12.4. The van der Waals surface area contributed by atoms with Crippen LogP contribution < -0.4 is 10.6 Å². The Kier molecular flexibility index (Phi) is 7.93. The summed E-state index contributed by atoms with van der Waals surface area (Å²) in [6.45, 7) is 13.6. The van der Waals surface area contributed by atoms with E-state index in [-0.39, 0.29) is 23.8 Å². The molecule has 2 amide bonds. The molecule has 0 fully saturated rings. The number of carbonyl (C=O) groups excluding carboxylic acids is 2. The second-order valence-corrected chi connectivity index (χ2v) is 9.32. The Hall–Kier alpha value is -2.25. The number of benzene rings is 1. The summed E-state index contributed by atoms with van der Waals surface area (Å²) in [5.41, 5.74) is 3.63. The largest absolute Gasteiger partial charge is 0.350 e. The summed E-state index contributed by atoms with van der Waals surface area (Å²) in [5, 5.41) is 8.69. The third-order valence-electron chi connectivity index (χ3n) is 4.29. The van der Waals surface area contributed by atoms with E-state index in [4.69, 9.17) is 0 Å². The Labute approximate surface area is 177 Å². The molecule has 0 aliphatic heterocycles. The lowest BCUT2D eigenvalue weighted by molar-refractivity contribution is -0.123. The Bertz CT molecular complexity index is 855. The SMILES string of the molecule is CCN(CC(=O)NC(C)(C)C)Cc1csc(CC(=O)Nc2cc(C)ccc2C)n1. The summed E-state index contributed by atoms with van der Waals surface area (Å²) in [6, 6.07) is 6.00. The van der Waals surface area contributed by atoms with Gasteiger partial charge < -0.3 is 10.6 Å². The summed E-state index contributed by atoms with van der Waals surface area (Å²) in [4.78, 5) is 31.2. The molecule has 6 nitrogen and oxygen atoms in total. The molecule has 2 rings (SSSR count). The van der Waals surface area contributed by atoms with Crippen LogP contribution in [0.4, 0.5) is 5.69 Å². The van der Waals surface area contributed by atoms with Gasteiger partial charge in [0.05, 0.1) is 18.7 Å². The summed E-state index contributed by atoms with van der Waals surface area (Å²) < 4.78 is 0. The molecule has 2 N–H and O–H groups in total. The van der Waals surface area contributed by atoms with Gasteiger partial charge in [0.15, 0.2) is 0 Å². The van der Waals surface area contributed by atoms with Crippen LogP contribution in [0.3, 0.4) is 0 Å². The van der Waals surface area contributed by atoms with Crippen molar-refractivity contribution in [2.24, 2.45) is 0 Å². The van der Waals surface area contributed by atoms with E-state index < -0.39 is 0 Å². The number of rotatable bonds is 8. The lowest BCUT2D eigenvalue weighted by Crippen LogP contribution is -2.45. The highest BCUT2D eigenvalue weighted by Crippen LogP contribution is 2.18. The van der Waals surface area contributed by atoms with Gasteiger partial charge in [0.1, 0.15) is 5.01 Å². The van der Waals surface area contributed by atoms with Crippen molar-refractivity contribution in [3.05, 3.63) is 45.4 Å². The number of aromatic nitrogens is 1. The first-order valence-electron chi connectivity index (χ1n) is 9.89. The minimum atomic E-state index is -0.243. The van der Waals surface area contributed by atoms with Crippen molar-refractivity contribution in [3.63, 3.8) is 0 Å². The average Bonchev–Trinajstić information content (AvgIpc) is 3.02. The van der Waals surface area contributed by atoms with Gasteiger partial charge in [-0.25, -0.2) is 4.98 Å². The Balaban J connectivity index is 1.91. The summed E-state index contributed by atoms with van der Waals surface area (Å²) in [6.07, 6.45) is 0.245. The number of likely N-dealkylation sites (N-methyl/N-ethyl adjacent to an activating group) is 1. The topological polar surface area (TPSA) is 74.3 Å². The summed E-state index contributed by atoms with van der Waals surface area (Å²) in [5.74, 6) is -0.0702. The molecule has 0 bridgehead atoms. The highest BCUT2D eigenvalue weighted by Gasteiger charge is 2.17. The summed E-state index contributed by atoms with van der Waals surface area (Å²) >= 11 is 1.48. The molecule has 0 saturated carbocycles. The molecule has 1 aromatic carbocycles. The van der Waals surface area contributed by atoms with Crippen molar-refractivity contribution >= 4 is 28.8 Å². The zero-order chi connectivity index (χ0) is 21.6. The van der Waals surface area contributed by atoms with Gasteiger partial charge in [0.2, 0.25) is 11.8 Å². The molecule has 2 aromatic rings. The number of amides is 2. The lowest BCUT2D eigenvalue weighted by atomic mass is 10.1. The van der Waals surface area contributed by atoms with Crippen LogP contribution in [-0.2, 0) is 22.6 Å². The van der Waals surface area contributed by atoms with Gasteiger partial charge in [-0.05, 0) is 58.4 Å². The quantitative estimate of drug-likeness (QED) is 0.688. The molecule has 0 aliphatic carbocycles. The standard InChI is InChI=1S/C22H32N4O2S/c1-7-26(13-20(28)25-22(4,5)6)12-17-14-29-21(23-17)11-19(27)24-18-10-15(2)8-9-16(18)3/h8-10,14H,7,11-13H2,1-6H3,(H,24,27)(H,25,28). The van der Waals surface area contributed by atoms with Gasteiger partial charge in [-0.2, -0.15) is 0 Å². The van der Waals surface area contributed by atoms with Gasteiger partial charge >= 0.3 is 0 Å². The minimum Gasteiger partial charge on any atom is -0.350 e. The molecule has 0 spiro atoms. The van der Waals surface area contributed by atoms with Crippen LogP contribution in [0.1, 0.15) is 49.5 Å². The Morgan fingerprint density at radius 2 is 1.90 bits per heavy atom. The molecule has 0 radical (unpaired) electrons. The first kappa shape index (κ1) is 23.0. The van der Waals surface area contributed by atoms with E-state index in [1.807, 2.05) is 70.0 Å². The number of aryl methyl sites for hydroxylation is 2. The van der Waals surface area contributed by atoms with E-state index in [1.54, 1.807) is 0 Å². The van der Waals surface area contributed by atoms with E-state index in [2.05, 4.69) is 15.6 Å². The van der Waals surface area contributed by atoms with E-state index in [0.29, 0.717) is 13.1 Å². The second-order valence-electron chi connectivity index (χ2n) is 8.38. The fourth-order valence-corrected chi connectivity index (χ4v) is 3.66. The highest BCUT2D eigenvalue weighted by molar-refractivity contribution is 7.09. The number of hydrogen-bond donors (Lipinski definition) is 2. The fourth-order valence-electron chi connectivity index (χ4n) is 2.87. The monoisotopic (exact) mass is 416 g/mol. The number of hydrogen-bond acceptors (Lipinski definition) is 5. The number of nitrogens with one attached hydrogen (secondary N) is 2. The number of thiazole rings is 1. The predicted octanol–water partition coefficient (Wildman–Crippen LogP) is 3.68. The van der Waals surface area contributed by atoms with Crippen LogP contribution in [-0.4, -0.2) is 40.3 Å². The average molecular weight is 417 g/mol. The molecule has 158 valence electrons. The lowest BCUT2D eigenvalue weighted by Gasteiger charge is -2.24. The van der Waals surface area contributed by atoms with Gasteiger partial charge in [-0.1, -0.05) is 19.1 Å². The maximum atomic E-state index is 12.4.